The van der Waals surface area contributed by atoms with E-state index in [4.69, 9.17) is 0 Å². The van der Waals surface area contributed by atoms with Crippen LogP contribution in [0.1, 0.15) is 5.56 Å². The Balaban J connectivity index is 3.30. The van der Waals surface area contributed by atoms with Crippen molar-refractivity contribution in [3.05, 3.63) is 23.6 Å². The normalized spacial score (nSPS) is 11.6. The highest BCUT2D eigenvalue weighted by molar-refractivity contribution is 5.47. The monoisotopic (exact) mass is 208 g/mol. The van der Waals surface area contributed by atoms with E-state index in [1.54, 1.807) is 0 Å². The first-order chi connectivity index (χ1) is 6.32. The minimum absolute atomic E-state index is 0.293. The molecule has 0 radical (unpaired) electrons. The fourth-order valence-corrected chi connectivity index (χ4v) is 0.997. The molecule has 0 saturated heterocycles. The Morgan fingerprint density at radius 1 is 1.29 bits per heavy atom. The Morgan fingerprint density at radius 3 is 2.29 bits per heavy atom. The van der Waals surface area contributed by atoms with Gasteiger partial charge in [-0.3, -0.25) is 0 Å². The van der Waals surface area contributed by atoms with Gasteiger partial charge in [0.05, 0.1) is 6.20 Å². The average Bonchev–Trinajstić information content (AvgIpc) is 2.01. The minimum atomic E-state index is -4.59. The quantitative estimate of drug-likeness (QED) is 0.658. The third-order valence-electron chi connectivity index (χ3n) is 1.56. The Hall–Kier alpha value is -1.33. The van der Waals surface area contributed by atoms with Crippen LogP contribution in [0.5, 0.6) is 0 Å². The smallest absolute Gasteiger partial charge is 0.362 e. The summed E-state index contributed by atoms with van der Waals surface area (Å²) in [6, 6.07) is 0.433. The van der Waals surface area contributed by atoms with Gasteiger partial charge in [-0.1, -0.05) is 0 Å². The van der Waals surface area contributed by atoms with E-state index in [-0.39, 0.29) is 5.82 Å². The average molecular weight is 208 g/mol. The molecule has 14 heavy (non-hydrogen) atoms. The lowest BCUT2D eigenvalue weighted by molar-refractivity contribution is -0.137. The van der Waals surface area contributed by atoms with E-state index in [0.717, 1.165) is 6.20 Å². The van der Waals surface area contributed by atoms with Crippen molar-refractivity contribution in [2.75, 3.05) is 19.0 Å². The summed E-state index contributed by atoms with van der Waals surface area (Å²) < 4.78 is 49.6. The lowest BCUT2D eigenvalue weighted by Crippen LogP contribution is -2.18. The molecule has 0 N–H and O–H groups in total. The van der Waals surface area contributed by atoms with Crippen molar-refractivity contribution in [3.63, 3.8) is 0 Å². The first kappa shape index (κ1) is 10.7. The number of halogens is 4. The summed E-state index contributed by atoms with van der Waals surface area (Å²) in [5.74, 6) is -1.29. The molecule has 1 heterocycles. The van der Waals surface area contributed by atoms with E-state index in [2.05, 4.69) is 4.98 Å². The van der Waals surface area contributed by atoms with Crippen LogP contribution in [0.4, 0.5) is 23.4 Å². The number of hydrogen-bond acceptors (Lipinski definition) is 2. The molecule has 0 unspecified atom stereocenters. The second-order valence-electron chi connectivity index (χ2n) is 2.92. The van der Waals surface area contributed by atoms with Crippen LogP contribution >= 0.6 is 0 Å². The maximum absolute atomic E-state index is 12.6. The van der Waals surface area contributed by atoms with Crippen LogP contribution in [-0.4, -0.2) is 19.1 Å². The lowest BCUT2D eigenvalue weighted by atomic mass is 10.2. The standard InChI is InChI=1S/C8H8F4N2/c1-14(2)7-6(8(10,11)12)3-5(9)4-13-7/h3-4H,1-2H3. The molecule has 0 aliphatic carbocycles. The molecule has 2 nitrogen and oxygen atoms in total. The summed E-state index contributed by atoms with van der Waals surface area (Å²) in [7, 11) is 2.82. The SMILES string of the molecule is CN(C)c1ncc(F)cc1C(F)(F)F. The highest BCUT2D eigenvalue weighted by Gasteiger charge is 2.35. The van der Waals surface area contributed by atoms with Crippen LogP contribution in [-0.2, 0) is 6.18 Å². The fraction of sp³-hybridized carbons (Fsp3) is 0.375. The fourth-order valence-electron chi connectivity index (χ4n) is 0.997. The van der Waals surface area contributed by atoms with E-state index >= 15 is 0 Å². The largest absolute Gasteiger partial charge is 0.420 e. The predicted octanol–water partition coefficient (Wildman–Crippen LogP) is 2.31. The minimum Gasteiger partial charge on any atom is -0.362 e. The summed E-state index contributed by atoms with van der Waals surface area (Å²) in [5, 5.41) is 0. The van der Waals surface area contributed by atoms with E-state index in [1.807, 2.05) is 0 Å². The maximum Gasteiger partial charge on any atom is 0.420 e. The molecule has 0 amide bonds. The van der Waals surface area contributed by atoms with Crippen molar-refractivity contribution in [1.29, 1.82) is 0 Å². The highest BCUT2D eigenvalue weighted by Crippen LogP contribution is 2.34. The molecule has 0 fully saturated rings. The van der Waals surface area contributed by atoms with Crippen LogP contribution in [0, 0.1) is 5.82 Å². The Labute approximate surface area is 78.2 Å². The summed E-state index contributed by atoms with van der Waals surface area (Å²) in [6.45, 7) is 0. The van der Waals surface area contributed by atoms with Crippen molar-refractivity contribution in [2.24, 2.45) is 0 Å². The van der Waals surface area contributed by atoms with Gasteiger partial charge in [0.1, 0.15) is 17.2 Å². The third-order valence-corrected chi connectivity index (χ3v) is 1.56. The molecule has 1 rings (SSSR count). The van der Waals surface area contributed by atoms with Crippen LogP contribution < -0.4 is 4.90 Å². The van der Waals surface area contributed by atoms with E-state index in [1.165, 1.54) is 19.0 Å². The zero-order valence-electron chi connectivity index (χ0n) is 7.56. The van der Waals surface area contributed by atoms with Gasteiger partial charge < -0.3 is 4.90 Å². The number of hydrogen-bond donors (Lipinski definition) is 0. The second kappa shape index (κ2) is 3.43. The van der Waals surface area contributed by atoms with Gasteiger partial charge in [0.2, 0.25) is 0 Å². The topological polar surface area (TPSA) is 16.1 Å². The number of anilines is 1. The highest BCUT2D eigenvalue weighted by atomic mass is 19.4. The first-order valence-electron chi connectivity index (χ1n) is 3.72. The number of alkyl halides is 3. The molecule has 0 aromatic carbocycles. The number of aromatic nitrogens is 1. The lowest BCUT2D eigenvalue weighted by Gasteiger charge is -2.17. The molecule has 78 valence electrons. The first-order valence-corrected chi connectivity index (χ1v) is 3.72. The van der Waals surface area contributed by atoms with E-state index in [9.17, 15) is 17.6 Å². The van der Waals surface area contributed by atoms with Crippen LogP contribution in [0.15, 0.2) is 12.3 Å². The Bertz CT molecular complexity index is 333. The van der Waals surface area contributed by atoms with Gasteiger partial charge >= 0.3 is 6.18 Å². The summed E-state index contributed by atoms with van der Waals surface area (Å²) in [4.78, 5) is 4.56. The zero-order valence-corrected chi connectivity index (χ0v) is 7.56. The van der Waals surface area contributed by atoms with Crippen molar-refractivity contribution in [3.8, 4) is 0 Å². The molecule has 0 atom stereocenters. The molecule has 1 aromatic heterocycles. The van der Waals surface area contributed by atoms with Gasteiger partial charge in [0.25, 0.3) is 0 Å². The maximum atomic E-state index is 12.6. The molecular weight excluding hydrogens is 200 g/mol. The van der Waals surface area contributed by atoms with Crippen LogP contribution in [0.25, 0.3) is 0 Å². The van der Waals surface area contributed by atoms with Crippen molar-refractivity contribution < 1.29 is 17.6 Å². The Morgan fingerprint density at radius 2 is 1.86 bits per heavy atom. The van der Waals surface area contributed by atoms with Crippen molar-refractivity contribution in [2.45, 2.75) is 6.18 Å². The summed E-state index contributed by atoms with van der Waals surface area (Å²) in [6.07, 6.45) is -3.83. The van der Waals surface area contributed by atoms with E-state index in [0.29, 0.717) is 6.07 Å². The van der Waals surface area contributed by atoms with Crippen LogP contribution in [0.2, 0.25) is 0 Å². The third kappa shape index (κ3) is 2.12. The summed E-state index contributed by atoms with van der Waals surface area (Å²) in [5.41, 5.74) is -1.07. The van der Waals surface area contributed by atoms with Gasteiger partial charge in [0, 0.05) is 14.1 Å². The van der Waals surface area contributed by atoms with Gasteiger partial charge in [-0.25, -0.2) is 9.37 Å². The zero-order chi connectivity index (χ0) is 10.9. The molecule has 0 saturated carbocycles. The molecule has 0 aliphatic rings. The van der Waals surface area contributed by atoms with Gasteiger partial charge in [0.15, 0.2) is 0 Å². The second-order valence-corrected chi connectivity index (χ2v) is 2.92. The number of rotatable bonds is 1. The number of pyridine rings is 1. The summed E-state index contributed by atoms with van der Waals surface area (Å²) >= 11 is 0. The predicted molar refractivity (Wildman–Crippen MR) is 43.5 cm³/mol. The van der Waals surface area contributed by atoms with Gasteiger partial charge in [-0.2, -0.15) is 13.2 Å². The Kier molecular flexibility index (Phi) is 2.64. The molecular formula is C8H8F4N2. The molecule has 0 spiro atoms. The molecule has 1 aromatic rings. The molecule has 6 heteroatoms. The van der Waals surface area contributed by atoms with Crippen LogP contribution in [0.3, 0.4) is 0 Å². The molecule has 0 bridgehead atoms. The van der Waals surface area contributed by atoms with Gasteiger partial charge in [-0.15, -0.1) is 0 Å². The number of nitrogens with zero attached hydrogens (tertiary/aromatic N) is 2. The van der Waals surface area contributed by atoms with Gasteiger partial charge in [-0.05, 0) is 6.07 Å². The molecule has 0 aliphatic heterocycles. The van der Waals surface area contributed by atoms with E-state index < -0.39 is 17.6 Å². The van der Waals surface area contributed by atoms with Crippen molar-refractivity contribution in [1.82, 2.24) is 4.98 Å². The van der Waals surface area contributed by atoms with Crippen molar-refractivity contribution >= 4 is 5.82 Å².